The van der Waals surface area contributed by atoms with Gasteiger partial charge in [-0.25, -0.2) is 18.6 Å². The lowest BCUT2D eigenvalue weighted by Gasteiger charge is -2.15. The molecule has 100 valence electrons. The van der Waals surface area contributed by atoms with Crippen molar-refractivity contribution in [3.8, 4) is 0 Å². The Morgan fingerprint density at radius 1 is 1.44 bits per heavy atom. The molecule has 1 rings (SSSR count). The number of hydrogen-bond acceptors (Lipinski definition) is 3. The summed E-state index contributed by atoms with van der Waals surface area (Å²) in [5.74, 6) is -1.50. The first-order chi connectivity index (χ1) is 8.20. The zero-order valence-corrected chi connectivity index (χ0v) is 10.8. The Labute approximate surface area is 111 Å². The van der Waals surface area contributed by atoms with Crippen molar-refractivity contribution in [3.63, 3.8) is 0 Å². The van der Waals surface area contributed by atoms with Gasteiger partial charge < -0.3 is 4.74 Å². The quantitative estimate of drug-likeness (QED) is 0.448. The molecule has 0 aliphatic carbocycles. The van der Waals surface area contributed by atoms with Crippen molar-refractivity contribution in [1.29, 1.82) is 0 Å². The van der Waals surface area contributed by atoms with Crippen LogP contribution in [0.5, 0.6) is 0 Å². The van der Waals surface area contributed by atoms with Crippen molar-refractivity contribution in [1.82, 2.24) is 4.98 Å². The van der Waals surface area contributed by atoms with Crippen LogP contribution in [0.3, 0.4) is 0 Å². The maximum atomic E-state index is 12.7. The first-order valence-electron chi connectivity index (χ1n) is 4.32. The van der Waals surface area contributed by atoms with Crippen LogP contribution in [0.4, 0.5) is 22.0 Å². The normalized spacial score (nSPS) is 11.8. The van der Waals surface area contributed by atoms with E-state index in [-0.39, 0.29) is 3.57 Å². The van der Waals surface area contributed by atoms with E-state index in [2.05, 4.69) is 9.72 Å². The van der Waals surface area contributed by atoms with Gasteiger partial charge in [-0.3, -0.25) is 0 Å². The van der Waals surface area contributed by atoms with E-state index in [4.69, 9.17) is 0 Å². The average Bonchev–Trinajstić information content (AvgIpc) is 2.25. The van der Waals surface area contributed by atoms with Crippen LogP contribution in [0, 0.1) is 3.57 Å². The van der Waals surface area contributed by atoms with Crippen LogP contribution in [0.1, 0.15) is 28.0 Å². The summed E-state index contributed by atoms with van der Waals surface area (Å²) in [6, 6.07) is 0. The molecule has 3 nitrogen and oxygen atoms in total. The van der Waals surface area contributed by atoms with Gasteiger partial charge in [0.15, 0.2) is 5.69 Å². The molecule has 0 saturated heterocycles. The van der Waals surface area contributed by atoms with Gasteiger partial charge in [0.1, 0.15) is 5.56 Å². The van der Waals surface area contributed by atoms with Crippen molar-refractivity contribution >= 4 is 28.6 Å². The second-order valence-corrected chi connectivity index (χ2v) is 4.20. The van der Waals surface area contributed by atoms with Crippen LogP contribution in [0.2, 0.25) is 0 Å². The molecule has 0 amide bonds. The second-order valence-electron chi connectivity index (χ2n) is 3.03. The van der Waals surface area contributed by atoms with Crippen LogP contribution in [0.25, 0.3) is 0 Å². The maximum absolute atomic E-state index is 12.7. The molecule has 1 heterocycles. The van der Waals surface area contributed by atoms with E-state index in [0.717, 1.165) is 7.11 Å². The van der Waals surface area contributed by atoms with Crippen LogP contribution in [-0.2, 0) is 10.9 Å². The van der Waals surface area contributed by atoms with Crippen molar-refractivity contribution in [2.45, 2.75) is 12.6 Å². The number of esters is 1. The van der Waals surface area contributed by atoms with E-state index in [1.54, 1.807) is 0 Å². The number of alkyl halides is 5. The molecule has 0 fully saturated rings. The predicted octanol–water partition coefficient (Wildman–Crippen LogP) is 3.43. The lowest BCUT2D eigenvalue weighted by atomic mass is 10.1. The highest BCUT2D eigenvalue weighted by Gasteiger charge is 2.41. The fraction of sp³-hybridized carbons (Fsp3) is 0.333. The van der Waals surface area contributed by atoms with E-state index >= 15 is 0 Å². The topological polar surface area (TPSA) is 39.2 Å². The number of halogens is 6. The molecule has 0 aliphatic heterocycles. The summed E-state index contributed by atoms with van der Waals surface area (Å²) >= 11 is 1.38. The van der Waals surface area contributed by atoms with E-state index in [1.807, 2.05) is 0 Å². The minimum absolute atomic E-state index is 0.240. The van der Waals surface area contributed by atoms with Gasteiger partial charge in [0.25, 0.3) is 6.43 Å². The summed E-state index contributed by atoms with van der Waals surface area (Å²) in [6.45, 7) is 0. The molecule has 0 aromatic carbocycles. The highest BCUT2D eigenvalue weighted by Crippen LogP contribution is 2.37. The molecule has 0 radical (unpaired) electrons. The number of rotatable bonds is 2. The number of aromatic nitrogens is 1. The molecular formula is C9H5F5INO2. The number of hydrogen-bond donors (Lipinski definition) is 0. The van der Waals surface area contributed by atoms with Gasteiger partial charge in [-0.2, -0.15) is 13.2 Å². The van der Waals surface area contributed by atoms with Gasteiger partial charge in [-0.15, -0.1) is 0 Å². The molecule has 1 aromatic heterocycles. The first-order valence-corrected chi connectivity index (χ1v) is 5.40. The Kier molecular flexibility index (Phi) is 4.46. The van der Waals surface area contributed by atoms with Gasteiger partial charge >= 0.3 is 12.1 Å². The Bertz CT molecular complexity index is 475. The van der Waals surface area contributed by atoms with Gasteiger partial charge in [0, 0.05) is 15.3 Å². The van der Waals surface area contributed by atoms with E-state index < -0.39 is 35.4 Å². The summed E-state index contributed by atoms with van der Waals surface area (Å²) in [7, 11) is 0.803. The first kappa shape index (κ1) is 15.1. The third-order valence-corrected chi connectivity index (χ3v) is 2.81. The third kappa shape index (κ3) is 2.87. The Morgan fingerprint density at radius 3 is 2.39 bits per heavy atom. The van der Waals surface area contributed by atoms with E-state index in [0.29, 0.717) is 6.20 Å². The van der Waals surface area contributed by atoms with Crippen molar-refractivity contribution < 1.29 is 31.5 Å². The molecule has 9 heteroatoms. The fourth-order valence-electron chi connectivity index (χ4n) is 1.24. The van der Waals surface area contributed by atoms with Crippen LogP contribution >= 0.6 is 22.6 Å². The molecule has 0 saturated carbocycles. The molecule has 1 aromatic rings. The molecule has 0 unspecified atom stereocenters. The molecular weight excluding hydrogens is 376 g/mol. The molecule has 18 heavy (non-hydrogen) atoms. The number of carbonyl (C=O) groups excluding carboxylic acids is 1. The number of carbonyl (C=O) groups is 1. The maximum Gasteiger partial charge on any atom is 0.434 e. The molecule has 0 bridgehead atoms. The summed E-state index contributed by atoms with van der Waals surface area (Å²) in [5, 5.41) is 0. The highest BCUT2D eigenvalue weighted by molar-refractivity contribution is 14.1. The molecule has 0 atom stereocenters. The largest absolute Gasteiger partial charge is 0.465 e. The van der Waals surface area contributed by atoms with Gasteiger partial charge in [0.05, 0.1) is 7.11 Å². The number of methoxy groups -OCH3 is 1. The Morgan fingerprint density at radius 2 is 2.00 bits per heavy atom. The van der Waals surface area contributed by atoms with Crippen LogP contribution in [0.15, 0.2) is 6.20 Å². The highest BCUT2D eigenvalue weighted by atomic mass is 127. The zero-order valence-electron chi connectivity index (χ0n) is 8.69. The smallest absolute Gasteiger partial charge is 0.434 e. The molecule has 0 spiro atoms. The minimum atomic E-state index is -5.02. The summed E-state index contributed by atoms with van der Waals surface area (Å²) in [4.78, 5) is 14.3. The van der Waals surface area contributed by atoms with Gasteiger partial charge in [0.2, 0.25) is 0 Å². The minimum Gasteiger partial charge on any atom is -0.465 e. The fourth-order valence-corrected chi connectivity index (χ4v) is 1.88. The van der Waals surface area contributed by atoms with E-state index in [1.165, 1.54) is 22.6 Å². The Balaban J connectivity index is 3.65. The number of nitrogens with zero attached hydrogens (tertiary/aromatic N) is 1. The van der Waals surface area contributed by atoms with E-state index in [9.17, 15) is 26.7 Å². The van der Waals surface area contributed by atoms with Crippen molar-refractivity contribution in [2.75, 3.05) is 7.11 Å². The van der Waals surface area contributed by atoms with Crippen LogP contribution < -0.4 is 0 Å². The second kappa shape index (κ2) is 5.33. The Hall–Kier alpha value is -1.00. The number of ether oxygens (including phenoxy) is 1. The lowest BCUT2D eigenvalue weighted by Crippen LogP contribution is -2.20. The molecule has 0 aliphatic rings. The summed E-state index contributed by atoms with van der Waals surface area (Å²) in [6.07, 6.45) is -7.62. The lowest BCUT2D eigenvalue weighted by molar-refractivity contribution is -0.141. The zero-order chi connectivity index (χ0) is 14.1. The standard InChI is InChI=1S/C9H5F5INO2/c1-18-8(17)5-4(7(10)11)3(15)2-16-6(5)9(12,13)14/h2,7H,1H3. The average molecular weight is 381 g/mol. The monoisotopic (exact) mass is 381 g/mol. The summed E-state index contributed by atoms with van der Waals surface area (Å²) < 4.78 is 67.2. The van der Waals surface area contributed by atoms with Crippen LogP contribution in [-0.4, -0.2) is 18.1 Å². The molecule has 0 N–H and O–H groups in total. The summed E-state index contributed by atoms with van der Waals surface area (Å²) in [5.41, 5.74) is -3.94. The van der Waals surface area contributed by atoms with Gasteiger partial charge in [-0.1, -0.05) is 0 Å². The SMILES string of the molecule is COC(=O)c1c(C(F)(F)F)ncc(I)c1C(F)F. The number of pyridine rings is 1. The van der Waals surface area contributed by atoms with Gasteiger partial charge in [-0.05, 0) is 22.6 Å². The predicted molar refractivity (Wildman–Crippen MR) is 58.3 cm³/mol. The van der Waals surface area contributed by atoms with Crippen molar-refractivity contribution in [2.24, 2.45) is 0 Å². The van der Waals surface area contributed by atoms with Crippen molar-refractivity contribution in [3.05, 3.63) is 26.6 Å². The third-order valence-electron chi connectivity index (χ3n) is 1.95.